The van der Waals surface area contributed by atoms with Crippen LogP contribution in [0.15, 0.2) is 18.2 Å². The van der Waals surface area contributed by atoms with Gasteiger partial charge in [-0.15, -0.1) is 0 Å². The van der Waals surface area contributed by atoms with Crippen LogP contribution >= 0.6 is 0 Å². The number of nitrogens with one attached hydrogen (secondary N) is 2. The number of amides is 1. The van der Waals surface area contributed by atoms with Crippen LogP contribution in [0.3, 0.4) is 0 Å². The SMILES string of the molecule is CCNc1ccc(C(F)(F)F)cc1C(=O)NC(C)C(C)C. The molecule has 1 rings (SSSR count). The van der Waals surface area contributed by atoms with Gasteiger partial charge in [-0.3, -0.25) is 4.79 Å². The maximum atomic E-state index is 12.8. The second-order valence-corrected chi connectivity index (χ2v) is 5.29. The highest BCUT2D eigenvalue weighted by molar-refractivity contribution is 6.00. The zero-order valence-electron chi connectivity index (χ0n) is 12.6. The lowest BCUT2D eigenvalue weighted by Gasteiger charge is -2.19. The van der Waals surface area contributed by atoms with Gasteiger partial charge in [0.25, 0.3) is 5.91 Å². The number of carbonyl (C=O) groups is 1. The molecule has 0 heterocycles. The van der Waals surface area contributed by atoms with Gasteiger partial charge in [-0.05, 0) is 38.0 Å². The summed E-state index contributed by atoms with van der Waals surface area (Å²) in [5.41, 5.74) is -0.412. The number of hydrogen-bond donors (Lipinski definition) is 2. The number of alkyl halides is 3. The van der Waals surface area contributed by atoms with Crippen LogP contribution < -0.4 is 10.6 Å². The van der Waals surface area contributed by atoms with Crippen LogP contribution in [-0.4, -0.2) is 18.5 Å². The van der Waals surface area contributed by atoms with Crippen molar-refractivity contribution in [1.82, 2.24) is 5.32 Å². The molecule has 0 spiro atoms. The fourth-order valence-corrected chi connectivity index (χ4v) is 1.70. The summed E-state index contributed by atoms with van der Waals surface area (Å²) in [6, 6.07) is 3.03. The van der Waals surface area contributed by atoms with E-state index in [2.05, 4.69) is 10.6 Å². The average Bonchev–Trinajstić information content (AvgIpc) is 2.37. The van der Waals surface area contributed by atoms with Crippen molar-refractivity contribution in [2.45, 2.75) is 39.9 Å². The molecule has 0 radical (unpaired) electrons. The number of rotatable bonds is 5. The molecule has 3 nitrogen and oxygen atoms in total. The van der Waals surface area contributed by atoms with Crippen molar-refractivity contribution < 1.29 is 18.0 Å². The first-order valence-electron chi connectivity index (χ1n) is 6.92. The Kier molecular flexibility index (Phi) is 5.63. The summed E-state index contributed by atoms with van der Waals surface area (Å²) in [5.74, 6) is -0.305. The molecule has 0 bridgehead atoms. The van der Waals surface area contributed by atoms with E-state index in [1.54, 1.807) is 0 Å². The summed E-state index contributed by atoms with van der Waals surface area (Å²) in [7, 11) is 0. The summed E-state index contributed by atoms with van der Waals surface area (Å²) in [6.45, 7) is 8.02. The molecule has 0 saturated heterocycles. The molecule has 1 aromatic rings. The van der Waals surface area contributed by atoms with Gasteiger partial charge in [0.2, 0.25) is 0 Å². The molecule has 0 aromatic heterocycles. The minimum Gasteiger partial charge on any atom is -0.385 e. The van der Waals surface area contributed by atoms with E-state index in [4.69, 9.17) is 0 Å². The van der Waals surface area contributed by atoms with E-state index in [-0.39, 0.29) is 17.5 Å². The van der Waals surface area contributed by atoms with Gasteiger partial charge in [0, 0.05) is 18.3 Å². The monoisotopic (exact) mass is 302 g/mol. The number of anilines is 1. The molecule has 0 saturated carbocycles. The van der Waals surface area contributed by atoms with E-state index in [9.17, 15) is 18.0 Å². The van der Waals surface area contributed by atoms with E-state index >= 15 is 0 Å². The summed E-state index contributed by atoms with van der Waals surface area (Å²) >= 11 is 0. The van der Waals surface area contributed by atoms with Crippen LogP contribution in [0.2, 0.25) is 0 Å². The van der Waals surface area contributed by atoms with Crippen molar-refractivity contribution in [3.05, 3.63) is 29.3 Å². The molecule has 6 heteroatoms. The highest BCUT2D eigenvalue weighted by atomic mass is 19.4. The third-order valence-corrected chi connectivity index (χ3v) is 3.32. The van der Waals surface area contributed by atoms with Gasteiger partial charge >= 0.3 is 6.18 Å². The Morgan fingerprint density at radius 3 is 2.33 bits per heavy atom. The molecule has 21 heavy (non-hydrogen) atoms. The maximum absolute atomic E-state index is 12.8. The average molecular weight is 302 g/mol. The molecule has 1 unspecified atom stereocenters. The van der Waals surface area contributed by atoms with Gasteiger partial charge < -0.3 is 10.6 Å². The zero-order chi connectivity index (χ0) is 16.2. The second kappa shape index (κ2) is 6.83. The Hall–Kier alpha value is -1.72. The molecule has 118 valence electrons. The fraction of sp³-hybridized carbons (Fsp3) is 0.533. The Balaban J connectivity index is 3.14. The van der Waals surface area contributed by atoms with Crippen LogP contribution in [0.1, 0.15) is 43.6 Å². The molecule has 1 atom stereocenters. The Morgan fingerprint density at radius 1 is 1.24 bits per heavy atom. The summed E-state index contributed by atoms with van der Waals surface area (Å²) in [5, 5.41) is 5.64. The molecule has 0 aliphatic heterocycles. The van der Waals surface area contributed by atoms with Crippen molar-refractivity contribution >= 4 is 11.6 Å². The number of benzene rings is 1. The first-order valence-corrected chi connectivity index (χ1v) is 6.92. The lowest BCUT2D eigenvalue weighted by Crippen LogP contribution is -2.36. The molecule has 1 aromatic carbocycles. The van der Waals surface area contributed by atoms with Gasteiger partial charge in [0.05, 0.1) is 11.1 Å². The molecular formula is C15H21F3N2O. The second-order valence-electron chi connectivity index (χ2n) is 5.29. The van der Waals surface area contributed by atoms with E-state index in [0.29, 0.717) is 12.2 Å². The fourth-order valence-electron chi connectivity index (χ4n) is 1.70. The van der Waals surface area contributed by atoms with Crippen LogP contribution in [0.25, 0.3) is 0 Å². The van der Waals surface area contributed by atoms with Gasteiger partial charge in [-0.1, -0.05) is 13.8 Å². The highest BCUT2D eigenvalue weighted by Crippen LogP contribution is 2.32. The van der Waals surface area contributed by atoms with Gasteiger partial charge in [-0.25, -0.2) is 0 Å². The lowest BCUT2D eigenvalue weighted by atomic mass is 10.0. The Bertz CT molecular complexity index is 498. The first kappa shape index (κ1) is 17.3. The lowest BCUT2D eigenvalue weighted by molar-refractivity contribution is -0.137. The molecule has 1 amide bonds. The normalized spacial score (nSPS) is 13.1. The van der Waals surface area contributed by atoms with Crippen molar-refractivity contribution in [2.75, 3.05) is 11.9 Å². The predicted molar refractivity (Wildman–Crippen MR) is 77.4 cm³/mol. The van der Waals surface area contributed by atoms with E-state index in [1.165, 1.54) is 6.07 Å². The third-order valence-electron chi connectivity index (χ3n) is 3.32. The van der Waals surface area contributed by atoms with Crippen molar-refractivity contribution in [3.8, 4) is 0 Å². The number of carbonyl (C=O) groups excluding carboxylic acids is 1. The minimum absolute atomic E-state index is 0.0131. The Morgan fingerprint density at radius 2 is 1.86 bits per heavy atom. The highest BCUT2D eigenvalue weighted by Gasteiger charge is 2.32. The smallest absolute Gasteiger partial charge is 0.385 e. The first-order chi connectivity index (χ1) is 9.66. The topological polar surface area (TPSA) is 41.1 Å². The quantitative estimate of drug-likeness (QED) is 0.866. The molecule has 2 N–H and O–H groups in total. The minimum atomic E-state index is -4.47. The van der Waals surface area contributed by atoms with Crippen LogP contribution in [0.5, 0.6) is 0 Å². The van der Waals surface area contributed by atoms with Crippen molar-refractivity contribution in [1.29, 1.82) is 0 Å². The zero-order valence-corrected chi connectivity index (χ0v) is 12.6. The summed E-state index contributed by atoms with van der Waals surface area (Å²) < 4.78 is 38.4. The molecule has 0 fully saturated rings. The van der Waals surface area contributed by atoms with E-state index < -0.39 is 17.6 Å². The number of halogens is 3. The summed E-state index contributed by atoms with van der Waals surface area (Å²) in [6.07, 6.45) is -4.47. The van der Waals surface area contributed by atoms with Crippen LogP contribution in [0, 0.1) is 5.92 Å². The van der Waals surface area contributed by atoms with Crippen LogP contribution in [0.4, 0.5) is 18.9 Å². The van der Waals surface area contributed by atoms with E-state index in [0.717, 1.165) is 12.1 Å². The summed E-state index contributed by atoms with van der Waals surface area (Å²) in [4.78, 5) is 12.2. The Labute approximate surface area is 122 Å². The molecule has 0 aliphatic rings. The third kappa shape index (κ3) is 4.65. The maximum Gasteiger partial charge on any atom is 0.416 e. The standard InChI is InChI=1S/C15H21F3N2O/c1-5-19-13-7-6-11(15(16,17)18)8-12(13)14(21)20-10(4)9(2)3/h6-10,19H,5H2,1-4H3,(H,20,21). The van der Waals surface area contributed by atoms with Gasteiger partial charge in [0.15, 0.2) is 0 Å². The molecular weight excluding hydrogens is 281 g/mol. The van der Waals surface area contributed by atoms with E-state index in [1.807, 2.05) is 27.7 Å². The van der Waals surface area contributed by atoms with Gasteiger partial charge in [0.1, 0.15) is 0 Å². The number of hydrogen-bond acceptors (Lipinski definition) is 2. The van der Waals surface area contributed by atoms with Crippen LogP contribution in [-0.2, 0) is 6.18 Å². The van der Waals surface area contributed by atoms with Crippen molar-refractivity contribution in [3.63, 3.8) is 0 Å². The predicted octanol–water partition coefficient (Wildman–Crippen LogP) is 3.91. The largest absolute Gasteiger partial charge is 0.416 e. The van der Waals surface area contributed by atoms with Crippen molar-refractivity contribution in [2.24, 2.45) is 5.92 Å². The van der Waals surface area contributed by atoms with Gasteiger partial charge in [-0.2, -0.15) is 13.2 Å². The molecule has 0 aliphatic carbocycles.